The van der Waals surface area contributed by atoms with E-state index in [1.165, 1.54) is 12.1 Å². The lowest BCUT2D eigenvalue weighted by molar-refractivity contribution is -0.137. The van der Waals surface area contributed by atoms with Gasteiger partial charge in [0, 0.05) is 12.0 Å². The van der Waals surface area contributed by atoms with Crippen LogP contribution in [0.15, 0.2) is 71.6 Å². The third kappa shape index (κ3) is 5.04. The van der Waals surface area contributed by atoms with Crippen LogP contribution >= 0.6 is 0 Å². The predicted molar refractivity (Wildman–Crippen MR) is 121 cm³/mol. The van der Waals surface area contributed by atoms with Gasteiger partial charge in [0.05, 0.1) is 27.6 Å². The van der Waals surface area contributed by atoms with E-state index in [1.54, 1.807) is 36.4 Å². The van der Waals surface area contributed by atoms with Gasteiger partial charge in [0.2, 0.25) is 11.8 Å². The van der Waals surface area contributed by atoms with Crippen molar-refractivity contribution in [2.24, 2.45) is 0 Å². The summed E-state index contributed by atoms with van der Waals surface area (Å²) >= 11 is 0. The van der Waals surface area contributed by atoms with Gasteiger partial charge in [0.25, 0.3) is 0 Å². The number of rotatable bonds is 4. The van der Waals surface area contributed by atoms with Crippen molar-refractivity contribution >= 4 is 33.0 Å². The molecule has 1 aliphatic heterocycles. The first-order valence-corrected chi connectivity index (χ1v) is 12.0. The zero-order valence-corrected chi connectivity index (χ0v) is 18.8. The Hall–Kier alpha value is -3.73. The van der Waals surface area contributed by atoms with Gasteiger partial charge in [-0.3, -0.25) is 9.59 Å². The van der Waals surface area contributed by atoms with Crippen molar-refractivity contribution in [1.82, 2.24) is 0 Å². The number of alkyl halides is 3. The van der Waals surface area contributed by atoms with Crippen LogP contribution in [0.2, 0.25) is 0 Å². The van der Waals surface area contributed by atoms with Gasteiger partial charge in [-0.2, -0.15) is 13.2 Å². The second kappa shape index (κ2) is 9.14. The van der Waals surface area contributed by atoms with Gasteiger partial charge in [-0.25, -0.2) is 12.8 Å². The van der Waals surface area contributed by atoms with Crippen LogP contribution in [0.4, 0.5) is 28.9 Å². The molecule has 0 atom stereocenters. The van der Waals surface area contributed by atoms with E-state index in [0.717, 1.165) is 17.0 Å². The van der Waals surface area contributed by atoms with Crippen molar-refractivity contribution in [3.63, 3.8) is 0 Å². The van der Waals surface area contributed by atoms with E-state index in [0.29, 0.717) is 11.1 Å². The van der Waals surface area contributed by atoms with E-state index < -0.39 is 63.6 Å². The van der Waals surface area contributed by atoms with Gasteiger partial charge >= 0.3 is 6.18 Å². The lowest BCUT2D eigenvalue weighted by atomic mass is 10.0. The Morgan fingerprint density at radius 3 is 2.40 bits per heavy atom. The third-order valence-electron chi connectivity index (χ3n) is 5.44. The number of nitrogens with zero attached hydrogens (tertiary/aromatic N) is 1. The van der Waals surface area contributed by atoms with Crippen LogP contribution in [0.3, 0.4) is 0 Å². The number of sulfone groups is 1. The van der Waals surface area contributed by atoms with E-state index in [2.05, 4.69) is 5.32 Å². The van der Waals surface area contributed by atoms with Crippen molar-refractivity contribution < 1.29 is 35.6 Å². The summed E-state index contributed by atoms with van der Waals surface area (Å²) in [5.41, 5.74) is -1.15. The molecule has 3 aromatic carbocycles. The van der Waals surface area contributed by atoms with Crippen LogP contribution in [-0.4, -0.2) is 32.5 Å². The molecule has 3 aromatic rings. The largest absolute Gasteiger partial charge is 0.418 e. The second-order valence-corrected chi connectivity index (χ2v) is 9.88. The highest BCUT2D eigenvalue weighted by Gasteiger charge is 2.36. The molecule has 0 aliphatic carbocycles. The molecule has 0 saturated carbocycles. The number of nitrogens with one attached hydrogen (secondary N) is 1. The average Bonchev–Trinajstić information content (AvgIpc) is 2.90. The molecule has 0 unspecified atom stereocenters. The summed E-state index contributed by atoms with van der Waals surface area (Å²) in [7, 11) is -3.89. The first kappa shape index (κ1) is 24.4. The van der Waals surface area contributed by atoms with Gasteiger partial charge in [0.15, 0.2) is 9.84 Å². The summed E-state index contributed by atoms with van der Waals surface area (Å²) in [6.07, 6.45) is -5.35. The highest BCUT2D eigenvalue weighted by molar-refractivity contribution is 7.91. The lowest BCUT2D eigenvalue weighted by Gasteiger charge is -2.25. The van der Waals surface area contributed by atoms with Crippen LogP contribution < -0.4 is 10.2 Å². The molecule has 0 fully saturated rings. The number of benzene rings is 3. The summed E-state index contributed by atoms with van der Waals surface area (Å²) < 4.78 is 79.2. The Kier molecular flexibility index (Phi) is 6.37. The van der Waals surface area contributed by atoms with Crippen molar-refractivity contribution in [3.05, 3.63) is 78.1 Å². The highest BCUT2D eigenvalue weighted by atomic mass is 32.2. The first-order chi connectivity index (χ1) is 16.5. The number of hydrogen-bond donors (Lipinski definition) is 1. The van der Waals surface area contributed by atoms with Crippen LogP contribution in [0.1, 0.15) is 12.0 Å². The van der Waals surface area contributed by atoms with Crippen molar-refractivity contribution in [3.8, 4) is 11.1 Å². The van der Waals surface area contributed by atoms with E-state index in [9.17, 15) is 35.6 Å². The SMILES string of the molecule is O=C(CN1C(=O)CCS(=O)(=O)c2cccc(-c3ccccc3)c21)Nc1ccc(F)cc1C(F)(F)F. The van der Waals surface area contributed by atoms with Gasteiger partial charge in [0.1, 0.15) is 12.4 Å². The number of para-hydroxylation sites is 1. The molecule has 0 bridgehead atoms. The van der Waals surface area contributed by atoms with E-state index >= 15 is 0 Å². The fourth-order valence-corrected chi connectivity index (χ4v) is 5.32. The van der Waals surface area contributed by atoms with Crippen LogP contribution in [0.5, 0.6) is 0 Å². The maximum absolute atomic E-state index is 13.4. The molecule has 6 nitrogen and oxygen atoms in total. The Morgan fingerprint density at radius 2 is 1.71 bits per heavy atom. The third-order valence-corrected chi connectivity index (χ3v) is 7.18. The molecule has 0 aromatic heterocycles. The number of fused-ring (bicyclic) bond motifs is 1. The Bertz CT molecular complexity index is 1410. The minimum Gasteiger partial charge on any atom is -0.324 e. The molecule has 0 radical (unpaired) electrons. The van der Waals surface area contributed by atoms with E-state index in [1.807, 2.05) is 0 Å². The fourth-order valence-electron chi connectivity index (χ4n) is 3.85. The quantitative estimate of drug-likeness (QED) is 0.522. The Balaban J connectivity index is 1.76. The maximum Gasteiger partial charge on any atom is 0.418 e. The van der Waals surface area contributed by atoms with E-state index in [4.69, 9.17) is 0 Å². The molecule has 4 rings (SSSR count). The number of hydrogen-bond acceptors (Lipinski definition) is 4. The molecule has 0 saturated heterocycles. The minimum absolute atomic E-state index is 0.0218. The normalized spacial score (nSPS) is 15.3. The van der Waals surface area contributed by atoms with Crippen LogP contribution in [0.25, 0.3) is 11.1 Å². The molecule has 11 heteroatoms. The maximum atomic E-state index is 13.4. The number of carbonyl (C=O) groups is 2. The molecule has 0 spiro atoms. The number of carbonyl (C=O) groups excluding carboxylic acids is 2. The topological polar surface area (TPSA) is 83.6 Å². The zero-order chi connectivity index (χ0) is 25.4. The van der Waals surface area contributed by atoms with Crippen molar-refractivity contribution in [1.29, 1.82) is 0 Å². The molecular weight excluding hydrogens is 488 g/mol. The summed E-state index contributed by atoms with van der Waals surface area (Å²) in [6.45, 7) is -0.750. The average molecular weight is 506 g/mol. The molecule has 182 valence electrons. The molecule has 1 heterocycles. The summed E-state index contributed by atoms with van der Waals surface area (Å²) in [5, 5.41) is 2.07. The fraction of sp³-hybridized carbons (Fsp3) is 0.167. The highest BCUT2D eigenvalue weighted by Crippen LogP contribution is 2.39. The first-order valence-electron chi connectivity index (χ1n) is 10.4. The molecule has 1 aliphatic rings. The number of anilines is 2. The Labute approximate surface area is 198 Å². The number of amides is 2. The van der Waals surface area contributed by atoms with Gasteiger partial charge in [-0.05, 0) is 29.8 Å². The molecule has 35 heavy (non-hydrogen) atoms. The lowest BCUT2D eigenvalue weighted by Crippen LogP contribution is -2.38. The molecule has 2 amide bonds. The van der Waals surface area contributed by atoms with Gasteiger partial charge in [-0.1, -0.05) is 42.5 Å². The zero-order valence-electron chi connectivity index (χ0n) is 18.0. The monoisotopic (exact) mass is 506 g/mol. The Morgan fingerprint density at radius 1 is 1.00 bits per heavy atom. The van der Waals surface area contributed by atoms with E-state index in [-0.39, 0.29) is 16.6 Å². The van der Waals surface area contributed by atoms with Gasteiger partial charge < -0.3 is 10.2 Å². The summed E-state index contributed by atoms with van der Waals surface area (Å²) in [5.74, 6) is -3.31. The molecular formula is C24H18F4N2O4S. The van der Waals surface area contributed by atoms with Crippen LogP contribution in [0, 0.1) is 5.82 Å². The summed E-state index contributed by atoms with van der Waals surface area (Å²) in [6, 6.07) is 14.8. The second-order valence-electron chi connectivity index (χ2n) is 7.80. The van der Waals surface area contributed by atoms with Crippen LogP contribution in [-0.2, 0) is 25.6 Å². The smallest absolute Gasteiger partial charge is 0.324 e. The minimum atomic E-state index is -4.94. The standard InChI is InChI=1S/C24H18F4N2O4S/c25-16-9-10-19(18(13-16)24(26,27)28)29-21(31)14-30-22(32)11-12-35(33,34)20-8-4-7-17(23(20)30)15-5-2-1-3-6-15/h1-10,13H,11-12,14H2,(H,29,31). The molecule has 1 N–H and O–H groups in total. The van der Waals surface area contributed by atoms with Crippen molar-refractivity contribution in [2.75, 3.05) is 22.5 Å². The number of halogens is 4. The predicted octanol–water partition coefficient (Wildman–Crippen LogP) is 4.66. The van der Waals surface area contributed by atoms with Crippen molar-refractivity contribution in [2.45, 2.75) is 17.5 Å². The summed E-state index contributed by atoms with van der Waals surface area (Å²) in [4.78, 5) is 26.6. The van der Waals surface area contributed by atoms with Gasteiger partial charge in [-0.15, -0.1) is 0 Å².